The van der Waals surface area contributed by atoms with E-state index in [-0.39, 0.29) is 0 Å². The Morgan fingerprint density at radius 1 is 1.06 bits per heavy atom. The molecule has 1 atom stereocenters. The molecule has 0 saturated carbocycles. The van der Waals surface area contributed by atoms with Crippen molar-refractivity contribution in [1.82, 2.24) is 15.4 Å². The average Bonchev–Trinajstić information content (AvgIpc) is 3.23. The molecule has 2 aromatic heterocycles. The molecule has 0 fully saturated rings. The van der Waals surface area contributed by atoms with E-state index < -0.39 is 6.04 Å². The third kappa shape index (κ3) is 3.46. The first-order chi connectivity index (χ1) is 15.1. The molecule has 6 nitrogen and oxygen atoms in total. The van der Waals surface area contributed by atoms with E-state index in [2.05, 4.69) is 67.9 Å². The number of fused-ring (bicyclic) bond motifs is 2. The van der Waals surface area contributed by atoms with Gasteiger partial charge in [-0.15, -0.1) is 0 Å². The Morgan fingerprint density at radius 3 is 2.68 bits per heavy atom. The van der Waals surface area contributed by atoms with E-state index in [4.69, 9.17) is 0 Å². The summed E-state index contributed by atoms with van der Waals surface area (Å²) in [6.45, 7) is 0. The van der Waals surface area contributed by atoms with Crippen LogP contribution in [0.3, 0.4) is 0 Å². The Kier molecular flexibility index (Phi) is 4.75. The minimum atomic E-state index is -0.437. The highest BCUT2D eigenvalue weighted by atomic mass is 16.1. The van der Waals surface area contributed by atoms with Crippen molar-refractivity contribution in [1.29, 1.82) is 0 Å². The van der Waals surface area contributed by atoms with Gasteiger partial charge in [-0.05, 0) is 47.0 Å². The molecule has 31 heavy (non-hydrogen) atoms. The lowest BCUT2D eigenvalue weighted by atomic mass is 9.90. The number of benzene rings is 2. The molecule has 6 heteroatoms. The summed E-state index contributed by atoms with van der Waals surface area (Å²) in [5.74, 6) is 0. The molecule has 1 aliphatic rings. The van der Waals surface area contributed by atoms with Crippen LogP contribution >= 0.6 is 0 Å². The number of hydrazone groups is 1. The minimum Gasteiger partial charge on any atom is -0.378 e. The first kappa shape index (κ1) is 19.1. The zero-order chi connectivity index (χ0) is 21.4. The second kappa shape index (κ2) is 7.72. The summed E-state index contributed by atoms with van der Waals surface area (Å²) in [5, 5.41) is 5.64. The topological polar surface area (TPSA) is 73.4 Å². The van der Waals surface area contributed by atoms with Crippen LogP contribution in [0.25, 0.3) is 22.2 Å². The Hall–Kier alpha value is -3.93. The molecule has 2 N–H and O–H groups in total. The first-order valence-electron chi connectivity index (χ1n) is 10.2. The predicted octanol–water partition coefficient (Wildman–Crippen LogP) is 4.09. The van der Waals surface area contributed by atoms with E-state index in [0.717, 1.165) is 51.0 Å². The molecule has 0 radical (unpaired) electrons. The van der Waals surface area contributed by atoms with Gasteiger partial charge in [0.15, 0.2) is 0 Å². The lowest BCUT2D eigenvalue weighted by molar-refractivity contribution is -0.109. The fourth-order valence-electron chi connectivity index (χ4n) is 4.06. The fourth-order valence-corrected chi connectivity index (χ4v) is 4.06. The van der Waals surface area contributed by atoms with Crippen LogP contribution in [-0.4, -0.2) is 36.1 Å². The Balaban J connectivity index is 1.54. The van der Waals surface area contributed by atoms with Crippen molar-refractivity contribution in [3.8, 4) is 11.1 Å². The maximum absolute atomic E-state index is 11.6. The summed E-state index contributed by atoms with van der Waals surface area (Å²) in [7, 11) is 4.06. The van der Waals surface area contributed by atoms with Gasteiger partial charge in [-0.2, -0.15) is 5.10 Å². The van der Waals surface area contributed by atoms with Gasteiger partial charge in [-0.1, -0.05) is 24.3 Å². The highest BCUT2D eigenvalue weighted by Crippen LogP contribution is 2.32. The van der Waals surface area contributed by atoms with E-state index in [1.165, 1.54) is 5.56 Å². The van der Waals surface area contributed by atoms with E-state index in [1.807, 2.05) is 32.4 Å². The van der Waals surface area contributed by atoms with Gasteiger partial charge < -0.3 is 14.7 Å². The number of anilines is 1. The largest absolute Gasteiger partial charge is 0.378 e. The van der Waals surface area contributed by atoms with Gasteiger partial charge in [0.2, 0.25) is 0 Å². The van der Waals surface area contributed by atoms with Crippen LogP contribution in [0.4, 0.5) is 5.69 Å². The predicted molar refractivity (Wildman–Crippen MR) is 124 cm³/mol. The second-order valence-electron chi connectivity index (χ2n) is 7.94. The van der Waals surface area contributed by atoms with E-state index in [1.54, 1.807) is 6.20 Å². The quantitative estimate of drug-likeness (QED) is 0.487. The van der Waals surface area contributed by atoms with Gasteiger partial charge in [-0.25, -0.2) is 4.98 Å². The molecular weight excluding hydrogens is 386 g/mol. The number of H-pyrrole nitrogens is 1. The fraction of sp³-hybridized carbons (Fsp3) is 0.160. The smallest absolute Gasteiger partial charge is 0.148 e. The number of nitrogens with one attached hydrogen (secondary N) is 2. The molecule has 0 amide bonds. The number of aromatic amines is 1. The van der Waals surface area contributed by atoms with Gasteiger partial charge in [0.1, 0.15) is 18.0 Å². The number of hydrogen-bond donors (Lipinski definition) is 2. The third-order valence-corrected chi connectivity index (χ3v) is 5.76. The maximum atomic E-state index is 11.6. The van der Waals surface area contributed by atoms with Crippen LogP contribution in [0.2, 0.25) is 0 Å². The van der Waals surface area contributed by atoms with Crippen molar-refractivity contribution < 1.29 is 4.79 Å². The number of pyridine rings is 1. The molecule has 1 unspecified atom stereocenters. The van der Waals surface area contributed by atoms with Crippen molar-refractivity contribution in [2.75, 3.05) is 19.0 Å². The molecule has 3 heterocycles. The van der Waals surface area contributed by atoms with Crippen LogP contribution < -0.4 is 10.3 Å². The number of rotatable bonds is 5. The molecule has 1 aliphatic heterocycles. The SMILES string of the molecule is CN(C)c1ccc(CC2=NNC(C=O)c3ccc(-c4c[nH]c5ncccc45)cc32)cc1. The van der Waals surface area contributed by atoms with Crippen molar-refractivity contribution in [2.24, 2.45) is 5.10 Å². The number of nitrogens with zero attached hydrogens (tertiary/aromatic N) is 3. The minimum absolute atomic E-state index is 0.437. The average molecular weight is 409 g/mol. The van der Waals surface area contributed by atoms with Crippen LogP contribution in [-0.2, 0) is 11.2 Å². The summed E-state index contributed by atoms with van der Waals surface area (Å²) in [5.41, 5.74) is 11.2. The Bertz CT molecular complexity index is 1290. The van der Waals surface area contributed by atoms with Crippen molar-refractivity contribution in [3.05, 3.63) is 83.7 Å². The summed E-state index contributed by atoms with van der Waals surface area (Å²) < 4.78 is 0. The van der Waals surface area contributed by atoms with Crippen LogP contribution in [0.5, 0.6) is 0 Å². The summed E-state index contributed by atoms with van der Waals surface area (Å²) in [4.78, 5) is 21.3. The first-order valence-corrected chi connectivity index (χ1v) is 10.2. The van der Waals surface area contributed by atoms with Gasteiger partial charge in [0.05, 0.1) is 5.71 Å². The van der Waals surface area contributed by atoms with Gasteiger partial charge >= 0.3 is 0 Å². The van der Waals surface area contributed by atoms with Crippen LogP contribution in [0.1, 0.15) is 22.7 Å². The molecular formula is C25H23N5O. The molecule has 0 spiro atoms. The lowest BCUT2D eigenvalue weighted by Gasteiger charge is -2.23. The second-order valence-corrected chi connectivity index (χ2v) is 7.94. The molecule has 0 aliphatic carbocycles. The Morgan fingerprint density at radius 2 is 1.90 bits per heavy atom. The third-order valence-electron chi connectivity index (χ3n) is 5.76. The molecule has 0 bridgehead atoms. The summed E-state index contributed by atoms with van der Waals surface area (Å²) >= 11 is 0. The maximum Gasteiger partial charge on any atom is 0.148 e. The number of hydrogen-bond acceptors (Lipinski definition) is 5. The standard InChI is InChI=1S/C25H23N5O/c1-30(2)18-8-5-16(6-9-18)12-23-21-13-17(7-10-19(21)24(15-31)29-28-23)22-14-27-25-20(22)4-3-11-26-25/h3-11,13-15,24,29H,12H2,1-2H3,(H,26,27). The van der Waals surface area contributed by atoms with Gasteiger partial charge in [0.25, 0.3) is 0 Å². The van der Waals surface area contributed by atoms with Crippen molar-refractivity contribution in [2.45, 2.75) is 12.5 Å². The number of aldehydes is 1. The molecule has 154 valence electrons. The van der Waals surface area contributed by atoms with E-state index >= 15 is 0 Å². The van der Waals surface area contributed by atoms with E-state index in [9.17, 15) is 4.79 Å². The van der Waals surface area contributed by atoms with Crippen LogP contribution in [0.15, 0.2) is 72.1 Å². The van der Waals surface area contributed by atoms with Gasteiger partial charge in [0, 0.05) is 55.1 Å². The number of carbonyl (C=O) groups excluding carboxylic acids is 1. The molecule has 0 saturated heterocycles. The highest BCUT2D eigenvalue weighted by molar-refractivity contribution is 6.06. The lowest BCUT2D eigenvalue weighted by Crippen LogP contribution is -2.28. The van der Waals surface area contributed by atoms with Crippen LogP contribution in [0, 0.1) is 0 Å². The van der Waals surface area contributed by atoms with Crippen molar-refractivity contribution >= 4 is 28.7 Å². The normalized spacial score (nSPS) is 15.2. The molecule has 2 aromatic carbocycles. The Labute approximate surface area is 180 Å². The number of aromatic nitrogens is 2. The van der Waals surface area contributed by atoms with E-state index in [0.29, 0.717) is 6.42 Å². The highest BCUT2D eigenvalue weighted by Gasteiger charge is 2.23. The summed E-state index contributed by atoms with van der Waals surface area (Å²) in [6, 6.07) is 18.2. The van der Waals surface area contributed by atoms with Gasteiger partial charge in [-0.3, -0.25) is 5.43 Å². The molecule has 4 aromatic rings. The van der Waals surface area contributed by atoms with Crippen molar-refractivity contribution in [3.63, 3.8) is 0 Å². The monoisotopic (exact) mass is 409 g/mol. The molecule has 5 rings (SSSR count). The number of carbonyl (C=O) groups is 1. The zero-order valence-electron chi connectivity index (χ0n) is 17.5. The summed E-state index contributed by atoms with van der Waals surface area (Å²) in [6.07, 6.45) is 5.34. The zero-order valence-corrected chi connectivity index (χ0v) is 17.5.